The van der Waals surface area contributed by atoms with E-state index in [0.717, 1.165) is 18.1 Å². The van der Waals surface area contributed by atoms with Gasteiger partial charge in [0.1, 0.15) is 12.4 Å². The molecular formula is C14H18FN4S+. The lowest BCUT2D eigenvalue weighted by atomic mass is 10.1. The Morgan fingerprint density at radius 2 is 1.90 bits per heavy atom. The molecular weight excluding hydrogens is 275 g/mol. The van der Waals surface area contributed by atoms with Crippen LogP contribution in [0.3, 0.4) is 0 Å². The monoisotopic (exact) mass is 293 g/mol. The number of aromatic amines is 1. The molecule has 0 unspecified atom stereocenters. The number of quaternary nitrogens is 1. The van der Waals surface area contributed by atoms with Crippen LogP contribution in [0.1, 0.15) is 25.1 Å². The van der Waals surface area contributed by atoms with E-state index in [2.05, 4.69) is 10.2 Å². The van der Waals surface area contributed by atoms with Crippen molar-refractivity contribution in [2.75, 3.05) is 13.1 Å². The summed E-state index contributed by atoms with van der Waals surface area (Å²) in [4.78, 5) is 1.54. The quantitative estimate of drug-likeness (QED) is 0.844. The number of rotatable bonds is 3. The van der Waals surface area contributed by atoms with Crippen LogP contribution in [0.4, 0.5) is 4.39 Å². The third-order valence-corrected chi connectivity index (χ3v) is 4.07. The van der Waals surface area contributed by atoms with Gasteiger partial charge in [0.05, 0.1) is 18.8 Å². The summed E-state index contributed by atoms with van der Waals surface area (Å²) >= 11 is 5.30. The third kappa shape index (κ3) is 2.81. The topological polar surface area (TPSA) is 38.0 Å². The van der Waals surface area contributed by atoms with E-state index < -0.39 is 0 Å². The van der Waals surface area contributed by atoms with Crippen molar-refractivity contribution in [2.24, 2.45) is 0 Å². The van der Waals surface area contributed by atoms with Gasteiger partial charge in [-0.3, -0.25) is 9.67 Å². The first-order valence-corrected chi connectivity index (χ1v) is 7.40. The van der Waals surface area contributed by atoms with Gasteiger partial charge >= 0.3 is 0 Å². The molecule has 20 heavy (non-hydrogen) atoms. The summed E-state index contributed by atoms with van der Waals surface area (Å²) in [5.74, 6) is 0.672. The van der Waals surface area contributed by atoms with Crippen molar-refractivity contribution in [3.05, 3.63) is 40.7 Å². The number of nitrogens with one attached hydrogen (secondary N) is 2. The van der Waals surface area contributed by atoms with Crippen LogP contribution in [0, 0.1) is 10.6 Å². The largest absolute Gasteiger partial charge is 0.329 e. The first-order valence-electron chi connectivity index (χ1n) is 7.00. The van der Waals surface area contributed by atoms with Crippen molar-refractivity contribution < 1.29 is 9.29 Å². The number of hydrogen-bond donors (Lipinski definition) is 2. The van der Waals surface area contributed by atoms with Gasteiger partial charge < -0.3 is 4.90 Å². The van der Waals surface area contributed by atoms with Crippen LogP contribution >= 0.6 is 12.2 Å². The number of H-pyrrole nitrogens is 1. The molecule has 1 fully saturated rings. The van der Waals surface area contributed by atoms with Crippen molar-refractivity contribution in [1.82, 2.24) is 14.8 Å². The number of nitrogens with zero attached hydrogens (tertiary/aromatic N) is 2. The van der Waals surface area contributed by atoms with Crippen molar-refractivity contribution >= 4 is 12.2 Å². The summed E-state index contributed by atoms with van der Waals surface area (Å²) in [5, 5.41) is 7.19. The van der Waals surface area contributed by atoms with E-state index in [9.17, 15) is 4.39 Å². The molecule has 106 valence electrons. The Labute approximate surface area is 122 Å². The normalized spacial score (nSPS) is 16.4. The molecule has 2 heterocycles. The number of hydrogen-bond acceptors (Lipinski definition) is 2. The second-order valence-electron chi connectivity index (χ2n) is 5.24. The molecule has 2 N–H and O–H groups in total. The molecule has 2 aromatic rings. The van der Waals surface area contributed by atoms with Gasteiger partial charge in [0, 0.05) is 0 Å². The minimum atomic E-state index is -0.244. The Bertz CT molecular complexity index is 625. The highest BCUT2D eigenvalue weighted by atomic mass is 32.1. The van der Waals surface area contributed by atoms with Crippen molar-refractivity contribution in [2.45, 2.75) is 25.8 Å². The maximum absolute atomic E-state index is 13.0. The number of piperidine rings is 1. The first kappa shape index (κ1) is 13.5. The van der Waals surface area contributed by atoms with Crippen LogP contribution in [0.5, 0.6) is 0 Å². The minimum absolute atomic E-state index is 0.244. The van der Waals surface area contributed by atoms with Crippen LogP contribution in [-0.4, -0.2) is 27.9 Å². The lowest BCUT2D eigenvalue weighted by Gasteiger charge is -2.23. The zero-order chi connectivity index (χ0) is 13.9. The summed E-state index contributed by atoms with van der Waals surface area (Å²) in [7, 11) is 0. The van der Waals surface area contributed by atoms with Gasteiger partial charge in [-0.1, -0.05) is 0 Å². The van der Waals surface area contributed by atoms with E-state index in [-0.39, 0.29) is 5.82 Å². The molecule has 1 aromatic heterocycles. The van der Waals surface area contributed by atoms with Crippen molar-refractivity contribution in [3.63, 3.8) is 0 Å². The van der Waals surface area contributed by atoms with E-state index >= 15 is 0 Å². The fourth-order valence-corrected chi connectivity index (χ4v) is 3.01. The van der Waals surface area contributed by atoms with Gasteiger partial charge in [-0.2, -0.15) is 5.10 Å². The molecule has 1 aliphatic heterocycles. The maximum atomic E-state index is 13.0. The van der Waals surface area contributed by atoms with Gasteiger partial charge in [-0.15, -0.1) is 0 Å². The third-order valence-electron chi connectivity index (χ3n) is 3.80. The molecule has 0 spiro atoms. The Kier molecular flexibility index (Phi) is 3.93. The molecule has 0 bridgehead atoms. The minimum Gasteiger partial charge on any atom is -0.329 e. The Morgan fingerprint density at radius 1 is 1.20 bits per heavy atom. The highest BCUT2D eigenvalue weighted by Gasteiger charge is 2.18. The standard InChI is InChI=1S/C14H17FN4S/c15-11-4-6-12(7-5-11)19-13(16-17-14(19)20)10-18-8-2-1-3-9-18/h4-7H,1-3,8-10H2,(H,17,20)/p+1. The molecule has 0 amide bonds. The predicted molar refractivity (Wildman–Crippen MR) is 77.0 cm³/mol. The Hall–Kier alpha value is -1.53. The molecule has 0 radical (unpaired) electrons. The van der Waals surface area contributed by atoms with Crippen LogP contribution < -0.4 is 4.90 Å². The van der Waals surface area contributed by atoms with Crippen LogP contribution in [-0.2, 0) is 6.54 Å². The highest BCUT2D eigenvalue weighted by molar-refractivity contribution is 7.71. The smallest absolute Gasteiger partial charge is 0.200 e. The lowest BCUT2D eigenvalue weighted by molar-refractivity contribution is -0.919. The van der Waals surface area contributed by atoms with Crippen molar-refractivity contribution in [3.8, 4) is 5.69 Å². The van der Waals surface area contributed by atoms with Gasteiger partial charge in [-0.05, 0) is 55.7 Å². The second-order valence-corrected chi connectivity index (χ2v) is 5.63. The van der Waals surface area contributed by atoms with Crippen molar-refractivity contribution in [1.29, 1.82) is 0 Å². The zero-order valence-corrected chi connectivity index (χ0v) is 12.0. The zero-order valence-electron chi connectivity index (χ0n) is 11.2. The van der Waals surface area contributed by atoms with E-state index in [4.69, 9.17) is 12.2 Å². The SMILES string of the molecule is Fc1ccc(-n2c(C[NH+]3CCCCC3)n[nH]c2=S)cc1. The van der Waals surface area contributed by atoms with E-state index in [1.54, 1.807) is 12.1 Å². The molecule has 1 saturated heterocycles. The Morgan fingerprint density at radius 3 is 2.60 bits per heavy atom. The average molecular weight is 293 g/mol. The van der Waals surface area contributed by atoms with Gasteiger partial charge in [0.25, 0.3) is 0 Å². The van der Waals surface area contributed by atoms with E-state index in [1.165, 1.54) is 49.4 Å². The maximum Gasteiger partial charge on any atom is 0.200 e. The summed E-state index contributed by atoms with van der Waals surface area (Å²) < 4.78 is 15.5. The molecule has 0 atom stereocenters. The summed E-state index contributed by atoms with van der Waals surface area (Å²) in [6.07, 6.45) is 3.88. The van der Waals surface area contributed by atoms with Crippen LogP contribution in [0.15, 0.2) is 24.3 Å². The second kappa shape index (κ2) is 5.85. The number of benzene rings is 1. The Balaban J connectivity index is 1.88. The first-order chi connectivity index (χ1) is 9.74. The number of likely N-dealkylation sites (tertiary alicyclic amines) is 1. The van der Waals surface area contributed by atoms with E-state index in [1.807, 2.05) is 4.57 Å². The highest BCUT2D eigenvalue weighted by Crippen LogP contribution is 2.11. The van der Waals surface area contributed by atoms with Gasteiger partial charge in [-0.25, -0.2) is 4.39 Å². The number of halogens is 1. The van der Waals surface area contributed by atoms with Crippen LogP contribution in [0.2, 0.25) is 0 Å². The fourth-order valence-electron chi connectivity index (χ4n) is 2.76. The summed E-state index contributed by atoms with van der Waals surface area (Å²) in [6.45, 7) is 3.22. The molecule has 0 saturated carbocycles. The van der Waals surface area contributed by atoms with E-state index in [0.29, 0.717) is 4.77 Å². The number of aromatic nitrogens is 3. The van der Waals surface area contributed by atoms with Crippen LogP contribution in [0.25, 0.3) is 5.69 Å². The lowest BCUT2D eigenvalue weighted by Crippen LogP contribution is -3.11. The molecule has 0 aliphatic carbocycles. The predicted octanol–water partition coefficient (Wildman–Crippen LogP) is 1.64. The van der Waals surface area contributed by atoms with Gasteiger partial charge in [0.2, 0.25) is 0 Å². The molecule has 1 aliphatic rings. The molecule has 4 nitrogen and oxygen atoms in total. The fraction of sp³-hybridized carbons (Fsp3) is 0.429. The summed E-state index contributed by atoms with van der Waals surface area (Å²) in [6, 6.07) is 6.36. The molecule has 3 rings (SSSR count). The van der Waals surface area contributed by atoms with Gasteiger partial charge in [0.15, 0.2) is 10.6 Å². The molecule has 6 heteroatoms. The average Bonchev–Trinajstić information content (AvgIpc) is 2.82. The summed E-state index contributed by atoms with van der Waals surface area (Å²) in [5.41, 5.74) is 0.858. The molecule has 1 aromatic carbocycles.